The molecule has 2 atom stereocenters. The normalized spacial score (nSPS) is 16.8. The van der Waals surface area contributed by atoms with Crippen molar-refractivity contribution in [1.82, 2.24) is 0 Å². The predicted octanol–water partition coefficient (Wildman–Crippen LogP) is 5.22. The summed E-state index contributed by atoms with van der Waals surface area (Å²) >= 11 is 5.97. The minimum Gasteiger partial charge on any atom is -0.465 e. The number of hydrogen-bond acceptors (Lipinski definition) is 5. The standard InChI is InChI=1S/C27H27ClN2O3/c1-33-27(32)23-6-2-3-7-24(23)30-16-4-5-21(17-30)25(29)26(31)20-10-8-18(9-11-20)19-12-14-22(28)15-13-19/h2-3,6-15,21,25H,4-5,16-17,29H2,1H3. The number of anilines is 1. The summed E-state index contributed by atoms with van der Waals surface area (Å²) in [6.45, 7) is 1.42. The predicted molar refractivity (Wildman–Crippen MR) is 132 cm³/mol. The number of ether oxygens (including phenoxy) is 1. The number of halogens is 1. The molecule has 0 radical (unpaired) electrons. The molecule has 0 amide bonds. The molecule has 0 spiro atoms. The molecule has 0 aliphatic carbocycles. The Morgan fingerprint density at radius 3 is 2.30 bits per heavy atom. The smallest absolute Gasteiger partial charge is 0.339 e. The number of carbonyl (C=O) groups is 2. The van der Waals surface area contributed by atoms with Gasteiger partial charge in [0.25, 0.3) is 0 Å². The van der Waals surface area contributed by atoms with Crippen LogP contribution in [-0.4, -0.2) is 38.0 Å². The van der Waals surface area contributed by atoms with E-state index in [1.165, 1.54) is 7.11 Å². The third-order valence-corrected chi connectivity index (χ3v) is 6.52. The first-order valence-corrected chi connectivity index (χ1v) is 11.4. The van der Waals surface area contributed by atoms with Gasteiger partial charge in [0.1, 0.15) is 0 Å². The van der Waals surface area contributed by atoms with Crippen molar-refractivity contribution in [2.45, 2.75) is 18.9 Å². The van der Waals surface area contributed by atoms with Gasteiger partial charge >= 0.3 is 5.97 Å². The van der Waals surface area contributed by atoms with Gasteiger partial charge < -0.3 is 15.4 Å². The average molecular weight is 463 g/mol. The topological polar surface area (TPSA) is 72.6 Å². The van der Waals surface area contributed by atoms with E-state index in [0.29, 0.717) is 22.7 Å². The number of para-hydroxylation sites is 1. The summed E-state index contributed by atoms with van der Waals surface area (Å²) in [5.41, 5.74) is 10.5. The molecular formula is C27H27ClN2O3. The van der Waals surface area contributed by atoms with E-state index in [0.717, 1.165) is 36.2 Å². The molecule has 1 aliphatic heterocycles. The number of Topliss-reactive ketones (excluding diaryl/α,β-unsaturated/α-hetero) is 1. The number of carbonyl (C=O) groups excluding carboxylic acids is 2. The fourth-order valence-electron chi connectivity index (χ4n) is 4.43. The molecular weight excluding hydrogens is 436 g/mol. The zero-order chi connectivity index (χ0) is 23.4. The van der Waals surface area contributed by atoms with Gasteiger partial charge in [-0.15, -0.1) is 0 Å². The van der Waals surface area contributed by atoms with Crippen LogP contribution in [0.4, 0.5) is 5.69 Å². The molecule has 170 valence electrons. The summed E-state index contributed by atoms with van der Waals surface area (Å²) in [5, 5.41) is 0.687. The molecule has 3 aromatic rings. The Hall–Kier alpha value is -3.15. The lowest BCUT2D eigenvalue weighted by molar-refractivity contribution is 0.0601. The fourth-order valence-corrected chi connectivity index (χ4v) is 4.56. The Bertz CT molecular complexity index is 1130. The lowest BCUT2D eigenvalue weighted by Crippen LogP contribution is -2.47. The van der Waals surface area contributed by atoms with Crippen LogP contribution in [0.1, 0.15) is 33.6 Å². The molecule has 2 unspecified atom stereocenters. The van der Waals surface area contributed by atoms with Crippen LogP contribution in [0.5, 0.6) is 0 Å². The fraction of sp³-hybridized carbons (Fsp3) is 0.259. The summed E-state index contributed by atoms with van der Waals surface area (Å²) in [6.07, 6.45) is 1.77. The van der Waals surface area contributed by atoms with Crippen molar-refractivity contribution in [3.05, 3.63) is 88.9 Å². The number of ketones is 1. The van der Waals surface area contributed by atoms with Crippen molar-refractivity contribution in [2.75, 3.05) is 25.1 Å². The second-order valence-corrected chi connectivity index (χ2v) is 8.77. The Kier molecular flexibility index (Phi) is 7.11. The molecule has 5 nitrogen and oxygen atoms in total. The van der Waals surface area contributed by atoms with Crippen LogP contribution in [0.2, 0.25) is 5.02 Å². The molecule has 1 fully saturated rings. The number of benzene rings is 3. The monoisotopic (exact) mass is 462 g/mol. The maximum Gasteiger partial charge on any atom is 0.339 e. The van der Waals surface area contributed by atoms with E-state index in [2.05, 4.69) is 4.90 Å². The minimum absolute atomic E-state index is 0.00658. The van der Waals surface area contributed by atoms with E-state index < -0.39 is 6.04 Å². The summed E-state index contributed by atoms with van der Waals surface area (Å²) in [6, 6.07) is 21.9. The lowest BCUT2D eigenvalue weighted by atomic mass is 9.86. The molecule has 1 aliphatic rings. The number of methoxy groups -OCH3 is 1. The molecule has 4 rings (SSSR count). The van der Waals surface area contributed by atoms with Crippen LogP contribution in [0.15, 0.2) is 72.8 Å². The second-order valence-electron chi connectivity index (χ2n) is 8.33. The van der Waals surface area contributed by atoms with E-state index >= 15 is 0 Å². The van der Waals surface area contributed by atoms with Crippen molar-refractivity contribution in [3.8, 4) is 11.1 Å². The highest BCUT2D eigenvalue weighted by Crippen LogP contribution is 2.29. The van der Waals surface area contributed by atoms with Gasteiger partial charge in [-0.3, -0.25) is 4.79 Å². The van der Waals surface area contributed by atoms with Crippen LogP contribution in [-0.2, 0) is 4.74 Å². The summed E-state index contributed by atoms with van der Waals surface area (Å²) < 4.78 is 4.93. The number of hydrogen-bond donors (Lipinski definition) is 1. The first-order valence-electron chi connectivity index (χ1n) is 11.1. The van der Waals surface area contributed by atoms with Crippen LogP contribution in [0.25, 0.3) is 11.1 Å². The first kappa shape index (κ1) is 23.0. The van der Waals surface area contributed by atoms with Crippen LogP contribution < -0.4 is 10.6 Å². The van der Waals surface area contributed by atoms with Crippen molar-refractivity contribution < 1.29 is 14.3 Å². The highest BCUT2D eigenvalue weighted by molar-refractivity contribution is 6.30. The van der Waals surface area contributed by atoms with Gasteiger partial charge in [-0.05, 0) is 54.2 Å². The summed E-state index contributed by atoms with van der Waals surface area (Å²) in [5.74, 6) is -0.437. The van der Waals surface area contributed by atoms with Crippen LogP contribution >= 0.6 is 11.6 Å². The van der Waals surface area contributed by atoms with Gasteiger partial charge in [0, 0.05) is 23.7 Å². The van der Waals surface area contributed by atoms with Crippen molar-refractivity contribution in [3.63, 3.8) is 0 Å². The Morgan fingerprint density at radius 1 is 1.00 bits per heavy atom. The largest absolute Gasteiger partial charge is 0.465 e. The second kappa shape index (κ2) is 10.2. The Balaban J connectivity index is 1.48. The van der Waals surface area contributed by atoms with E-state index in [4.69, 9.17) is 22.1 Å². The van der Waals surface area contributed by atoms with E-state index in [1.54, 1.807) is 6.07 Å². The van der Waals surface area contributed by atoms with Gasteiger partial charge in [-0.1, -0.05) is 60.1 Å². The molecule has 33 heavy (non-hydrogen) atoms. The molecule has 0 saturated carbocycles. The number of esters is 1. The molecule has 0 bridgehead atoms. The quantitative estimate of drug-likeness (QED) is 0.401. The minimum atomic E-state index is -0.612. The SMILES string of the molecule is COC(=O)c1ccccc1N1CCCC(C(N)C(=O)c2ccc(-c3ccc(Cl)cc3)cc2)C1. The lowest BCUT2D eigenvalue weighted by Gasteiger charge is -2.37. The zero-order valence-corrected chi connectivity index (χ0v) is 19.3. The van der Waals surface area contributed by atoms with Gasteiger partial charge in [0.15, 0.2) is 5.78 Å². The van der Waals surface area contributed by atoms with E-state index in [9.17, 15) is 9.59 Å². The van der Waals surface area contributed by atoms with Crippen molar-refractivity contribution in [2.24, 2.45) is 11.7 Å². The number of nitrogens with zero attached hydrogens (tertiary/aromatic N) is 1. The number of piperidine rings is 1. The molecule has 2 N–H and O–H groups in total. The Labute approximate surface area is 199 Å². The number of rotatable bonds is 6. The number of nitrogens with two attached hydrogens (primary N) is 1. The average Bonchev–Trinajstić information content (AvgIpc) is 2.88. The zero-order valence-electron chi connectivity index (χ0n) is 18.5. The highest BCUT2D eigenvalue weighted by atomic mass is 35.5. The molecule has 3 aromatic carbocycles. The van der Waals surface area contributed by atoms with Crippen LogP contribution in [0.3, 0.4) is 0 Å². The van der Waals surface area contributed by atoms with Gasteiger partial charge in [-0.2, -0.15) is 0 Å². The van der Waals surface area contributed by atoms with Crippen LogP contribution in [0, 0.1) is 5.92 Å². The summed E-state index contributed by atoms with van der Waals surface area (Å²) in [4.78, 5) is 27.5. The van der Waals surface area contributed by atoms with Gasteiger partial charge in [0.05, 0.1) is 24.4 Å². The molecule has 0 aromatic heterocycles. The van der Waals surface area contributed by atoms with Crippen molar-refractivity contribution in [1.29, 1.82) is 0 Å². The molecule has 1 heterocycles. The summed E-state index contributed by atoms with van der Waals surface area (Å²) in [7, 11) is 1.38. The van der Waals surface area contributed by atoms with Crippen molar-refractivity contribution >= 4 is 29.0 Å². The van der Waals surface area contributed by atoms with E-state index in [1.807, 2.05) is 66.7 Å². The maximum atomic E-state index is 13.2. The van der Waals surface area contributed by atoms with Gasteiger partial charge in [-0.25, -0.2) is 4.79 Å². The Morgan fingerprint density at radius 2 is 1.64 bits per heavy atom. The third-order valence-electron chi connectivity index (χ3n) is 6.27. The van der Waals surface area contributed by atoms with E-state index in [-0.39, 0.29) is 17.7 Å². The highest BCUT2D eigenvalue weighted by Gasteiger charge is 2.31. The first-order chi connectivity index (χ1) is 16.0. The third kappa shape index (κ3) is 5.10. The molecule has 1 saturated heterocycles. The van der Waals surface area contributed by atoms with Gasteiger partial charge in [0.2, 0.25) is 0 Å². The molecule has 6 heteroatoms. The maximum absolute atomic E-state index is 13.2.